The van der Waals surface area contributed by atoms with Crippen molar-refractivity contribution >= 4 is 32.9 Å². The fourth-order valence-electron chi connectivity index (χ4n) is 2.16. The molecular formula is C15H15N3S. The Bertz CT molecular complexity index is 688. The van der Waals surface area contributed by atoms with Gasteiger partial charge in [-0.3, -0.25) is 0 Å². The van der Waals surface area contributed by atoms with E-state index in [1.807, 2.05) is 18.3 Å². The van der Waals surface area contributed by atoms with Crippen molar-refractivity contribution in [2.75, 3.05) is 17.7 Å². The zero-order valence-electron chi connectivity index (χ0n) is 10.7. The molecule has 0 bridgehead atoms. The maximum absolute atomic E-state index is 5.70. The van der Waals surface area contributed by atoms with Crippen molar-refractivity contribution in [3.63, 3.8) is 0 Å². The van der Waals surface area contributed by atoms with Gasteiger partial charge in [0.1, 0.15) is 5.82 Å². The Morgan fingerprint density at radius 2 is 1.95 bits per heavy atom. The number of rotatable bonds is 3. The Balaban J connectivity index is 1.89. The monoisotopic (exact) mass is 269 g/mol. The van der Waals surface area contributed by atoms with Gasteiger partial charge in [0.15, 0.2) is 0 Å². The molecular weight excluding hydrogens is 254 g/mol. The van der Waals surface area contributed by atoms with Gasteiger partial charge in [-0.25, -0.2) is 4.98 Å². The first-order valence-corrected chi connectivity index (χ1v) is 7.00. The lowest BCUT2D eigenvalue weighted by Crippen LogP contribution is -2.17. The minimum absolute atomic E-state index is 0.796. The van der Waals surface area contributed by atoms with Gasteiger partial charge in [-0.2, -0.15) is 0 Å². The molecule has 0 amide bonds. The molecule has 96 valence electrons. The van der Waals surface area contributed by atoms with E-state index in [1.54, 1.807) is 11.3 Å². The van der Waals surface area contributed by atoms with E-state index in [4.69, 9.17) is 5.73 Å². The van der Waals surface area contributed by atoms with Crippen molar-refractivity contribution < 1.29 is 0 Å². The number of pyridine rings is 1. The van der Waals surface area contributed by atoms with Crippen molar-refractivity contribution in [1.29, 1.82) is 0 Å². The number of thiophene rings is 1. The molecule has 0 saturated carbocycles. The van der Waals surface area contributed by atoms with Crippen molar-refractivity contribution in [3.8, 4) is 0 Å². The highest BCUT2D eigenvalue weighted by Gasteiger charge is 2.08. The third-order valence-electron chi connectivity index (χ3n) is 3.12. The Morgan fingerprint density at radius 1 is 1.16 bits per heavy atom. The third-order valence-corrected chi connectivity index (χ3v) is 4.00. The van der Waals surface area contributed by atoms with Crippen LogP contribution in [0.3, 0.4) is 0 Å². The molecule has 3 aromatic rings. The van der Waals surface area contributed by atoms with Crippen molar-refractivity contribution in [1.82, 2.24) is 4.98 Å². The molecule has 3 rings (SSSR count). The van der Waals surface area contributed by atoms with Crippen LogP contribution >= 0.6 is 11.3 Å². The molecule has 0 radical (unpaired) electrons. The lowest BCUT2D eigenvalue weighted by Gasteiger charge is -2.19. The molecule has 0 aliphatic rings. The minimum atomic E-state index is 0.796. The van der Waals surface area contributed by atoms with Crippen molar-refractivity contribution in [2.45, 2.75) is 6.54 Å². The number of nitrogens with zero attached hydrogens (tertiary/aromatic N) is 2. The van der Waals surface area contributed by atoms with E-state index >= 15 is 0 Å². The van der Waals surface area contributed by atoms with Crippen LogP contribution in [0.1, 0.15) is 5.56 Å². The van der Waals surface area contributed by atoms with Crippen LogP contribution in [0.15, 0.2) is 48.0 Å². The molecule has 0 aliphatic carbocycles. The van der Waals surface area contributed by atoms with Crippen LogP contribution in [0, 0.1) is 0 Å². The SMILES string of the molecule is CN(Cc1ccc(N)cc1)c1nccc2sccc12. The van der Waals surface area contributed by atoms with Crippen LogP contribution in [0.2, 0.25) is 0 Å². The number of benzene rings is 1. The van der Waals surface area contributed by atoms with E-state index in [0.29, 0.717) is 0 Å². The smallest absolute Gasteiger partial charge is 0.137 e. The van der Waals surface area contributed by atoms with E-state index in [-0.39, 0.29) is 0 Å². The summed E-state index contributed by atoms with van der Waals surface area (Å²) >= 11 is 1.74. The van der Waals surface area contributed by atoms with Crippen LogP contribution in [-0.2, 0) is 6.54 Å². The highest BCUT2D eigenvalue weighted by atomic mass is 32.1. The lowest BCUT2D eigenvalue weighted by atomic mass is 10.2. The van der Waals surface area contributed by atoms with Crippen LogP contribution < -0.4 is 10.6 Å². The van der Waals surface area contributed by atoms with Crippen LogP contribution in [0.5, 0.6) is 0 Å². The van der Waals surface area contributed by atoms with Crippen LogP contribution in [0.4, 0.5) is 11.5 Å². The summed E-state index contributed by atoms with van der Waals surface area (Å²) in [6, 6.07) is 12.2. The number of hydrogen-bond donors (Lipinski definition) is 1. The van der Waals surface area contributed by atoms with Gasteiger partial charge in [0, 0.05) is 35.6 Å². The number of nitrogens with two attached hydrogens (primary N) is 1. The van der Waals surface area contributed by atoms with Crippen LogP contribution in [-0.4, -0.2) is 12.0 Å². The number of nitrogen functional groups attached to an aromatic ring is 1. The summed E-state index contributed by atoms with van der Waals surface area (Å²) < 4.78 is 1.27. The number of anilines is 2. The van der Waals surface area contributed by atoms with E-state index in [1.165, 1.54) is 15.6 Å². The number of fused-ring (bicyclic) bond motifs is 1. The first kappa shape index (κ1) is 12.0. The molecule has 1 aromatic carbocycles. The molecule has 2 heterocycles. The van der Waals surface area contributed by atoms with E-state index in [0.717, 1.165) is 18.1 Å². The molecule has 0 unspecified atom stereocenters. The molecule has 3 nitrogen and oxygen atoms in total. The summed E-state index contributed by atoms with van der Waals surface area (Å²) in [5.74, 6) is 1.02. The minimum Gasteiger partial charge on any atom is -0.399 e. The Labute approximate surface area is 116 Å². The molecule has 0 saturated heterocycles. The van der Waals surface area contributed by atoms with Gasteiger partial charge in [0.2, 0.25) is 0 Å². The Morgan fingerprint density at radius 3 is 2.74 bits per heavy atom. The van der Waals surface area contributed by atoms with Crippen molar-refractivity contribution in [2.24, 2.45) is 0 Å². The zero-order valence-corrected chi connectivity index (χ0v) is 11.5. The molecule has 2 aromatic heterocycles. The second-order valence-electron chi connectivity index (χ2n) is 4.56. The highest BCUT2D eigenvalue weighted by Crippen LogP contribution is 2.28. The average Bonchev–Trinajstić information content (AvgIpc) is 2.89. The summed E-state index contributed by atoms with van der Waals surface area (Å²) in [6.07, 6.45) is 1.87. The van der Waals surface area contributed by atoms with Crippen LogP contribution in [0.25, 0.3) is 10.1 Å². The average molecular weight is 269 g/mol. The molecule has 0 fully saturated rings. The summed E-state index contributed by atoms with van der Waals surface area (Å²) in [7, 11) is 2.07. The quantitative estimate of drug-likeness (QED) is 0.740. The first-order chi connectivity index (χ1) is 9.24. The predicted molar refractivity (Wildman–Crippen MR) is 82.6 cm³/mol. The summed E-state index contributed by atoms with van der Waals surface area (Å²) in [5, 5.41) is 3.32. The fourth-order valence-corrected chi connectivity index (χ4v) is 2.93. The normalized spacial score (nSPS) is 10.8. The largest absolute Gasteiger partial charge is 0.399 e. The molecule has 0 atom stereocenters. The topological polar surface area (TPSA) is 42.1 Å². The first-order valence-electron chi connectivity index (χ1n) is 6.12. The zero-order chi connectivity index (χ0) is 13.2. The molecule has 4 heteroatoms. The van der Waals surface area contributed by atoms with Gasteiger partial charge in [0.05, 0.1) is 0 Å². The standard InChI is InChI=1S/C15H15N3S/c1-18(10-11-2-4-12(16)5-3-11)15-13-7-9-19-14(13)6-8-17-15/h2-9H,10,16H2,1H3. The van der Waals surface area contributed by atoms with Gasteiger partial charge in [-0.15, -0.1) is 11.3 Å². The summed E-state index contributed by atoms with van der Waals surface area (Å²) in [6.45, 7) is 0.822. The van der Waals surface area contributed by atoms with Gasteiger partial charge in [0.25, 0.3) is 0 Å². The second-order valence-corrected chi connectivity index (χ2v) is 5.51. The lowest BCUT2D eigenvalue weighted by molar-refractivity contribution is 0.905. The molecule has 19 heavy (non-hydrogen) atoms. The maximum Gasteiger partial charge on any atom is 0.137 e. The molecule has 2 N–H and O–H groups in total. The summed E-state index contributed by atoms with van der Waals surface area (Å²) in [4.78, 5) is 6.67. The maximum atomic E-state index is 5.70. The summed E-state index contributed by atoms with van der Waals surface area (Å²) in [5.41, 5.74) is 7.73. The molecule has 0 aliphatic heterocycles. The van der Waals surface area contributed by atoms with E-state index in [2.05, 4.69) is 46.6 Å². The van der Waals surface area contributed by atoms with Gasteiger partial charge < -0.3 is 10.6 Å². The van der Waals surface area contributed by atoms with Gasteiger partial charge in [-0.1, -0.05) is 12.1 Å². The van der Waals surface area contributed by atoms with E-state index < -0.39 is 0 Å². The fraction of sp³-hybridized carbons (Fsp3) is 0.133. The van der Waals surface area contributed by atoms with Gasteiger partial charge in [-0.05, 0) is 35.2 Å². The Hall–Kier alpha value is -2.07. The van der Waals surface area contributed by atoms with E-state index in [9.17, 15) is 0 Å². The number of aromatic nitrogens is 1. The molecule has 0 spiro atoms. The van der Waals surface area contributed by atoms with Crippen molar-refractivity contribution in [3.05, 3.63) is 53.5 Å². The Kier molecular flexibility index (Phi) is 3.09. The third kappa shape index (κ3) is 2.39. The number of hydrogen-bond acceptors (Lipinski definition) is 4. The highest BCUT2D eigenvalue weighted by molar-refractivity contribution is 7.17. The second kappa shape index (κ2) is 4.90. The predicted octanol–water partition coefficient (Wildman–Crippen LogP) is 3.51. The van der Waals surface area contributed by atoms with Gasteiger partial charge >= 0.3 is 0 Å².